The van der Waals surface area contributed by atoms with Gasteiger partial charge in [-0.05, 0) is 99.7 Å². The molecular weight excluding hydrogens is 412 g/mol. The van der Waals surface area contributed by atoms with Crippen LogP contribution in [0.2, 0.25) is 0 Å². The maximum absolute atomic E-state index is 12.6. The number of rotatable bonds is 6. The fourth-order valence-corrected chi connectivity index (χ4v) is 6.36. The Morgan fingerprint density at radius 2 is 1.91 bits per heavy atom. The number of fused-ring (bicyclic) bond motifs is 1. The lowest BCUT2D eigenvalue weighted by Crippen LogP contribution is -2.35. The van der Waals surface area contributed by atoms with Gasteiger partial charge < -0.3 is 10.2 Å². The zero-order valence-electron chi connectivity index (χ0n) is 21.1. The summed E-state index contributed by atoms with van der Waals surface area (Å²) in [6, 6.07) is 0. The van der Waals surface area contributed by atoms with E-state index in [1.807, 2.05) is 6.08 Å². The number of aliphatic hydroxyl groups is 2. The number of ketones is 2. The largest absolute Gasteiger partial charge is 0.393 e. The van der Waals surface area contributed by atoms with Crippen molar-refractivity contribution in [1.82, 2.24) is 0 Å². The van der Waals surface area contributed by atoms with Gasteiger partial charge in [-0.25, -0.2) is 0 Å². The van der Waals surface area contributed by atoms with Crippen LogP contribution in [0.4, 0.5) is 0 Å². The van der Waals surface area contributed by atoms with E-state index in [2.05, 4.69) is 32.6 Å². The molecule has 0 radical (unpaired) electrons. The van der Waals surface area contributed by atoms with Crippen molar-refractivity contribution in [2.45, 2.75) is 91.8 Å². The van der Waals surface area contributed by atoms with E-state index in [4.69, 9.17) is 0 Å². The van der Waals surface area contributed by atoms with Gasteiger partial charge >= 0.3 is 0 Å². The second-order valence-electron chi connectivity index (χ2n) is 11.4. The molecule has 182 valence electrons. The van der Waals surface area contributed by atoms with Gasteiger partial charge in [-0.1, -0.05) is 44.2 Å². The first-order valence-electron chi connectivity index (χ1n) is 12.6. The molecule has 0 aromatic heterocycles. The number of hydrogen-bond acceptors (Lipinski definition) is 4. The van der Waals surface area contributed by atoms with Crippen LogP contribution in [0.15, 0.2) is 47.6 Å². The quantitative estimate of drug-likeness (QED) is 0.410. The van der Waals surface area contributed by atoms with E-state index in [9.17, 15) is 19.8 Å². The molecule has 0 aliphatic heterocycles. The van der Waals surface area contributed by atoms with E-state index in [1.165, 1.54) is 18.9 Å². The maximum atomic E-state index is 12.6. The third-order valence-electron chi connectivity index (χ3n) is 8.98. The lowest BCUT2D eigenvalue weighted by Gasteiger charge is -2.44. The predicted octanol–water partition coefficient (Wildman–Crippen LogP) is 5.50. The Balaban J connectivity index is 1.76. The summed E-state index contributed by atoms with van der Waals surface area (Å²) >= 11 is 0. The SMILES string of the molecule is C=C1/C(=C\C=C2/CCC[C@]3(C)[C@@H]([C@@H](C)/C=C/C(=O)C(C)(C)C(C)=O)CC[C@@H]23)C[C@@H](O)C[C@@H]1O. The molecule has 6 atom stereocenters. The molecule has 0 spiro atoms. The van der Waals surface area contributed by atoms with Crippen LogP contribution >= 0.6 is 0 Å². The van der Waals surface area contributed by atoms with E-state index in [0.29, 0.717) is 24.7 Å². The third kappa shape index (κ3) is 5.17. The van der Waals surface area contributed by atoms with Gasteiger partial charge in [0.25, 0.3) is 0 Å². The van der Waals surface area contributed by atoms with Crippen molar-refractivity contribution < 1.29 is 19.8 Å². The Kier molecular flexibility index (Phi) is 7.70. The van der Waals surface area contributed by atoms with E-state index >= 15 is 0 Å². The molecule has 3 aliphatic carbocycles. The monoisotopic (exact) mass is 454 g/mol. The third-order valence-corrected chi connectivity index (χ3v) is 8.98. The van der Waals surface area contributed by atoms with Crippen LogP contribution in [0.1, 0.15) is 79.6 Å². The summed E-state index contributed by atoms with van der Waals surface area (Å²) in [6.07, 6.45) is 13.4. The number of hydrogen-bond donors (Lipinski definition) is 2. The fourth-order valence-electron chi connectivity index (χ4n) is 6.36. The van der Waals surface area contributed by atoms with Gasteiger partial charge in [0.15, 0.2) is 5.78 Å². The zero-order chi connectivity index (χ0) is 24.6. The van der Waals surface area contributed by atoms with Crippen LogP contribution in [-0.2, 0) is 9.59 Å². The molecule has 2 N–H and O–H groups in total. The molecule has 0 unspecified atom stereocenters. The normalized spacial score (nSPS) is 36.4. The van der Waals surface area contributed by atoms with Crippen molar-refractivity contribution in [3.63, 3.8) is 0 Å². The van der Waals surface area contributed by atoms with Gasteiger partial charge in [-0.3, -0.25) is 9.59 Å². The van der Waals surface area contributed by atoms with Crippen molar-refractivity contribution in [3.05, 3.63) is 47.6 Å². The molecule has 4 heteroatoms. The molecule has 3 saturated carbocycles. The Morgan fingerprint density at radius 3 is 2.58 bits per heavy atom. The maximum Gasteiger partial charge on any atom is 0.168 e. The van der Waals surface area contributed by atoms with Crippen LogP contribution in [0.25, 0.3) is 0 Å². The molecular formula is C29H42O4. The average molecular weight is 455 g/mol. The first-order valence-corrected chi connectivity index (χ1v) is 12.6. The summed E-state index contributed by atoms with van der Waals surface area (Å²) in [4.78, 5) is 24.4. The Bertz CT molecular complexity index is 889. The summed E-state index contributed by atoms with van der Waals surface area (Å²) in [5.74, 6) is 1.06. The predicted molar refractivity (Wildman–Crippen MR) is 132 cm³/mol. The molecule has 3 rings (SSSR count). The minimum absolute atomic E-state index is 0.102. The van der Waals surface area contributed by atoms with E-state index in [-0.39, 0.29) is 22.9 Å². The van der Waals surface area contributed by atoms with Crippen LogP contribution in [0.3, 0.4) is 0 Å². The van der Waals surface area contributed by atoms with Crippen molar-refractivity contribution in [2.24, 2.45) is 28.6 Å². The van der Waals surface area contributed by atoms with Gasteiger partial charge in [0.1, 0.15) is 5.78 Å². The van der Waals surface area contributed by atoms with Gasteiger partial charge in [0, 0.05) is 6.42 Å². The van der Waals surface area contributed by atoms with Crippen LogP contribution < -0.4 is 0 Å². The standard InChI is InChI=1S/C29H42O4/c1-18(9-14-27(33)28(4,5)20(3)30)24-12-13-25-21(8-7-15-29(24,25)6)10-11-22-16-23(31)17-26(32)19(22)2/h9-11,14,18,23-26,31-32H,2,7-8,12-13,15-17H2,1,3-6H3/b14-9+,21-10+,22-11-/t18-,23+,24+,25-,26-,29+/m0/s1. The lowest BCUT2D eigenvalue weighted by molar-refractivity contribution is -0.134. The van der Waals surface area contributed by atoms with E-state index in [0.717, 1.165) is 36.8 Å². The highest BCUT2D eigenvalue weighted by atomic mass is 16.3. The Morgan fingerprint density at radius 1 is 1.21 bits per heavy atom. The van der Waals surface area contributed by atoms with Gasteiger partial charge in [-0.2, -0.15) is 0 Å². The van der Waals surface area contributed by atoms with Crippen molar-refractivity contribution in [2.75, 3.05) is 0 Å². The van der Waals surface area contributed by atoms with Crippen molar-refractivity contribution in [3.8, 4) is 0 Å². The van der Waals surface area contributed by atoms with Crippen LogP contribution in [0, 0.1) is 28.6 Å². The zero-order valence-corrected chi connectivity index (χ0v) is 21.1. The minimum atomic E-state index is -0.961. The molecule has 33 heavy (non-hydrogen) atoms. The number of Topliss-reactive ketones (excluding diaryl/α,β-unsaturated/α-hetero) is 1. The Labute approximate surface area is 199 Å². The Hall–Kier alpha value is -1.78. The van der Waals surface area contributed by atoms with Crippen LogP contribution in [0.5, 0.6) is 0 Å². The molecule has 0 heterocycles. The number of allylic oxidation sites excluding steroid dienone is 5. The van der Waals surface area contributed by atoms with Gasteiger partial charge in [0.05, 0.1) is 17.6 Å². The molecule has 4 nitrogen and oxygen atoms in total. The van der Waals surface area contributed by atoms with Crippen LogP contribution in [-0.4, -0.2) is 34.0 Å². The van der Waals surface area contributed by atoms with E-state index < -0.39 is 17.6 Å². The molecule has 0 saturated heterocycles. The van der Waals surface area contributed by atoms with Gasteiger partial charge in [0.2, 0.25) is 0 Å². The summed E-state index contributed by atoms with van der Waals surface area (Å²) < 4.78 is 0. The molecule has 0 bridgehead atoms. The summed E-state index contributed by atoms with van der Waals surface area (Å²) in [7, 11) is 0. The van der Waals surface area contributed by atoms with Crippen molar-refractivity contribution in [1.29, 1.82) is 0 Å². The number of carbonyl (C=O) groups excluding carboxylic acids is 2. The highest BCUT2D eigenvalue weighted by molar-refractivity contribution is 6.10. The van der Waals surface area contributed by atoms with E-state index in [1.54, 1.807) is 19.9 Å². The highest BCUT2D eigenvalue weighted by Gasteiger charge is 2.50. The first-order chi connectivity index (χ1) is 15.4. The van der Waals surface area contributed by atoms with Gasteiger partial charge in [-0.15, -0.1) is 0 Å². The topological polar surface area (TPSA) is 74.6 Å². The van der Waals surface area contributed by atoms with Crippen molar-refractivity contribution >= 4 is 11.6 Å². The number of aliphatic hydroxyl groups excluding tert-OH is 2. The fraction of sp³-hybridized carbons (Fsp3) is 0.655. The molecule has 0 aromatic carbocycles. The summed E-state index contributed by atoms with van der Waals surface area (Å²) in [5.41, 5.74) is 2.38. The molecule has 0 amide bonds. The second kappa shape index (κ2) is 9.84. The number of carbonyl (C=O) groups is 2. The molecule has 3 fully saturated rings. The summed E-state index contributed by atoms with van der Waals surface area (Å²) in [5, 5.41) is 20.2. The lowest BCUT2D eigenvalue weighted by atomic mass is 9.61. The molecule has 0 aromatic rings. The second-order valence-corrected chi connectivity index (χ2v) is 11.4. The average Bonchev–Trinajstić information content (AvgIpc) is 3.10. The highest BCUT2D eigenvalue weighted by Crippen LogP contribution is 2.59. The molecule has 3 aliphatic rings. The summed E-state index contributed by atoms with van der Waals surface area (Å²) in [6.45, 7) is 13.5. The smallest absolute Gasteiger partial charge is 0.168 e. The minimum Gasteiger partial charge on any atom is -0.393 e. The first kappa shape index (κ1) is 25.8.